The first-order valence-electron chi connectivity index (χ1n) is 8.71. The van der Waals surface area contributed by atoms with Gasteiger partial charge in [-0.25, -0.2) is 4.98 Å². The van der Waals surface area contributed by atoms with Gasteiger partial charge in [-0.1, -0.05) is 28.1 Å². The predicted octanol–water partition coefficient (Wildman–Crippen LogP) is 4.48. The predicted molar refractivity (Wildman–Crippen MR) is 107 cm³/mol. The van der Waals surface area contributed by atoms with Crippen LogP contribution in [0, 0.1) is 0 Å². The third kappa shape index (κ3) is 4.64. The summed E-state index contributed by atoms with van der Waals surface area (Å²) in [4.78, 5) is 20.3. The van der Waals surface area contributed by atoms with Crippen molar-refractivity contribution in [3.05, 3.63) is 58.3 Å². The molecule has 136 valence electrons. The van der Waals surface area contributed by atoms with E-state index in [1.165, 1.54) is 0 Å². The third-order valence-electron chi connectivity index (χ3n) is 3.87. The zero-order chi connectivity index (χ0) is 18.5. The van der Waals surface area contributed by atoms with Crippen LogP contribution in [-0.4, -0.2) is 28.5 Å². The van der Waals surface area contributed by atoms with E-state index in [1.807, 2.05) is 50.2 Å². The third-order valence-corrected chi connectivity index (χ3v) is 4.36. The number of H-pyrrole nitrogens is 1. The second kappa shape index (κ2) is 8.36. The van der Waals surface area contributed by atoms with Gasteiger partial charge < -0.3 is 15.0 Å². The lowest BCUT2D eigenvalue weighted by Crippen LogP contribution is -2.26. The van der Waals surface area contributed by atoms with Gasteiger partial charge in [0.2, 0.25) is 0 Å². The molecule has 0 radical (unpaired) electrons. The zero-order valence-corrected chi connectivity index (χ0v) is 16.5. The Morgan fingerprint density at radius 2 is 2.08 bits per heavy atom. The van der Waals surface area contributed by atoms with Crippen LogP contribution in [0.2, 0.25) is 0 Å². The number of hydrogen-bond donors (Lipinski definition) is 2. The Morgan fingerprint density at radius 1 is 1.27 bits per heavy atom. The van der Waals surface area contributed by atoms with Gasteiger partial charge in [0.05, 0.1) is 22.7 Å². The number of nitrogens with zero attached hydrogens (tertiary/aromatic N) is 1. The van der Waals surface area contributed by atoms with Gasteiger partial charge in [-0.2, -0.15) is 0 Å². The van der Waals surface area contributed by atoms with Crippen LogP contribution in [0.25, 0.3) is 11.0 Å². The fourth-order valence-electron chi connectivity index (χ4n) is 2.71. The van der Waals surface area contributed by atoms with Gasteiger partial charge in [0, 0.05) is 17.4 Å². The van der Waals surface area contributed by atoms with Crippen molar-refractivity contribution in [1.82, 2.24) is 15.3 Å². The Bertz CT molecular complexity index is 872. The Morgan fingerprint density at radius 3 is 2.85 bits per heavy atom. The minimum absolute atomic E-state index is 0.00364. The zero-order valence-electron chi connectivity index (χ0n) is 14.9. The van der Waals surface area contributed by atoms with E-state index in [4.69, 9.17) is 4.74 Å². The van der Waals surface area contributed by atoms with E-state index >= 15 is 0 Å². The number of carbonyl (C=O) groups is 1. The van der Waals surface area contributed by atoms with E-state index in [1.54, 1.807) is 6.07 Å². The van der Waals surface area contributed by atoms with Gasteiger partial charge in [0.1, 0.15) is 11.6 Å². The summed E-state index contributed by atoms with van der Waals surface area (Å²) in [6.45, 7) is 4.46. The number of benzene rings is 2. The highest BCUT2D eigenvalue weighted by molar-refractivity contribution is 9.10. The lowest BCUT2D eigenvalue weighted by atomic mass is 10.2. The van der Waals surface area contributed by atoms with Gasteiger partial charge in [0.15, 0.2) is 0 Å². The summed E-state index contributed by atoms with van der Waals surface area (Å²) in [5.74, 6) is 1.40. The first-order chi connectivity index (χ1) is 12.5. The SMILES string of the molecule is CC(C)Oc1cc(Br)ccc1C(=O)NCCCc1nc2ccccc2[nH]1. The van der Waals surface area contributed by atoms with Crippen molar-refractivity contribution in [2.75, 3.05) is 6.54 Å². The molecule has 0 spiro atoms. The molecule has 0 aliphatic carbocycles. The Labute approximate surface area is 161 Å². The molecule has 0 atom stereocenters. The van der Waals surface area contributed by atoms with E-state index < -0.39 is 0 Å². The summed E-state index contributed by atoms with van der Waals surface area (Å²) < 4.78 is 6.63. The van der Waals surface area contributed by atoms with Crippen molar-refractivity contribution in [3.8, 4) is 5.75 Å². The number of aromatic amines is 1. The maximum atomic E-state index is 12.5. The fraction of sp³-hybridized carbons (Fsp3) is 0.300. The van der Waals surface area contributed by atoms with Crippen LogP contribution in [0.5, 0.6) is 5.75 Å². The molecule has 2 aromatic carbocycles. The molecule has 5 nitrogen and oxygen atoms in total. The molecule has 3 aromatic rings. The standard InChI is InChI=1S/C20H22BrN3O2/c1-13(2)26-18-12-14(21)9-10-15(18)20(25)22-11-5-8-19-23-16-6-3-4-7-17(16)24-19/h3-4,6-7,9-10,12-13H,5,8,11H2,1-2H3,(H,22,25)(H,23,24). The number of hydrogen-bond acceptors (Lipinski definition) is 3. The van der Waals surface area contributed by atoms with Crippen LogP contribution < -0.4 is 10.1 Å². The van der Waals surface area contributed by atoms with E-state index in [0.717, 1.165) is 34.2 Å². The molecular weight excluding hydrogens is 394 g/mol. The number of amides is 1. The Balaban J connectivity index is 1.55. The summed E-state index contributed by atoms with van der Waals surface area (Å²) in [5, 5.41) is 2.96. The second-order valence-electron chi connectivity index (χ2n) is 6.37. The van der Waals surface area contributed by atoms with Crippen LogP contribution in [0.4, 0.5) is 0 Å². The molecule has 0 aliphatic heterocycles. The molecule has 1 aromatic heterocycles. The van der Waals surface area contributed by atoms with E-state index in [2.05, 4.69) is 31.2 Å². The van der Waals surface area contributed by atoms with Gasteiger partial charge in [-0.15, -0.1) is 0 Å². The highest BCUT2D eigenvalue weighted by Gasteiger charge is 2.14. The molecule has 3 rings (SSSR count). The van der Waals surface area contributed by atoms with Crippen LogP contribution >= 0.6 is 15.9 Å². The molecule has 0 bridgehead atoms. The van der Waals surface area contributed by atoms with Crippen molar-refractivity contribution in [1.29, 1.82) is 0 Å². The van der Waals surface area contributed by atoms with E-state index in [9.17, 15) is 4.79 Å². The molecule has 0 aliphatic rings. The highest BCUT2D eigenvalue weighted by atomic mass is 79.9. The number of imidazole rings is 1. The Hall–Kier alpha value is -2.34. The number of ether oxygens (including phenoxy) is 1. The van der Waals surface area contributed by atoms with Crippen molar-refractivity contribution >= 4 is 32.9 Å². The van der Waals surface area contributed by atoms with Gasteiger partial charge >= 0.3 is 0 Å². The topological polar surface area (TPSA) is 67.0 Å². The normalized spacial score (nSPS) is 11.1. The number of nitrogens with one attached hydrogen (secondary N) is 2. The molecule has 6 heteroatoms. The van der Waals surface area contributed by atoms with Crippen LogP contribution in [0.15, 0.2) is 46.9 Å². The van der Waals surface area contributed by atoms with Gasteiger partial charge in [-0.05, 0) is 50.6 Å². The summed E-state index contributed by atoms with van der Waals surface area (Å²) in [6, 6.07) is 13.4. The molecule has 26 heavy (non-hydrogen) atoms. The number of rotatable bonds is 7. The summed E-state index contributed by atoms with van der Waals surface area (Å²) in [5.41, 5.74) is 2.55. The van der Waals surface area contributed by atoms with Crippen molar-refractivity contribution in [2.24, 2.45) is 0 Å². The van der Waals surface area contributed by atoms with Crippen LogP contribution in [0.3, 0.4) is 0 Å². The Kier molecular flexibility index (Phi) is 5.93. The molecule has 0 unspecified atom stereocenters. The van der Waals surface area contributed by atoms with Crippen molar-refractivity contribution in [3.63, 3.8) is 0 Å². The monoisotopic (exact) mass is 415 g/mol. The van der Waals surface area contributed by atoms with Gasteiger partial charge in [0.25, 0.3) is 5.91 Å². The number of para-hydroxylation sites is 2. The summed E-state index contributed by atoms with van der Waals surface area (Å²) in [6.07, 6.45) is 1.59. The molecule has 1 amide bonds. The average Bonchev–Trinajstić information content (AvgIpc) is 3.01. The van der Waals surface area contributed by atoms with Crippen molar-refractivity contribution < 1.29 is 9.53 Å². The first kappa shape index (κ1) is 18.5. The molecular formula is C20H22BrN3O2. The number of halogens is 1. The van der Waals surface area contributed by atoms with Gasteiger partial charge in [-0.3, -0.25) is 4.79 Å². The number of fused-ring (bicyclic) bond motifs is 1. The van der Waals surface area contributed by atoms with E-state index in [0.29, 0.717) is 17.9 Å². The van der Waals surface area contributed by atoms with Crippen LogP contribution in [0.1, 0.15) is 36.5 Å². The summed E-state index contributed by atoms with van der Waals surface area (Å²) in [7, 11) is 0. The molecule has 2 N–H and O–H groups in total. The number of aryl methyl sites for hydroxylation is 1. The molecule has 1 heterocycles. The maximum Gasteiger partial charge on any atom is 0.255 e. The smallest absolute Gasteiger partial charge is 0.255 e. The fourth-order valence-corrected chi connectivity index (χ4v) is 3.05. The number of aromatic nitrogens is 2. The van der Waals surface area contributed by atoms with E-state index in [-0.39, 0.29) is 12.0 Å². The first-order valence-corrected chi connectivity index (χ1v) is 9.50. The maximum absolute atomic E-state index is 12.5. The lowest BCUT2D eigenvalue weighted by Gasteiger charge is -2.14. The highest BCUT2D eigenvalue weighted by Crippen LogP contribution is 2.24. The minimum Gasteiger partial charge on any atom is -0.490 e. The summed E-state index contributed by atoms with van der Waals surface area (Å²) >= 11 is 3.42. The number of carbonyl (C=O) groups excluding carboxylic acids is 1. The average molecular weight is 416 g/mol. The molecule has 0 fully saturated rings. The van der Waals surface area contributed by atoms with Crippen molar-refractivity contribution in [2.45, 2.75) is 32.8 Å². The van der Waals surface area contributed by atoms with Crippen LogP contribution in [-0.2, 0) is 6.42 Å². The largest absolute Gasteiger partial charge is 0.490 e. The molecule has 0 saturated carbocycles. The molecule has 0 saturated heterocycles. The quantitative estimate of drug-likeness (QED) is 0.559. The lowest BCUT2D eigenvalue weighted by molar-refractivity contribution is 0.0947. The minimum atomic E-state index is -0.127. The second-order valence-corrected chi connectivity index (χ2v) is 7.28.